The number of carbonyl (C=O) groups excluding carboxylic acids is 2. The predicted octanol–water partition coefficient (Wildman–Crippen LogP) is 3.10. The number of nitrogens with two attached hydrogens (primary N) is 1. The minimum absolute atomic E-state index is 0.0339. The molecule has 8 nitrogen and oxygen atoms in total. The van der Waals surface area contributed by atoms with Gasteiger partial charge in [0.15, 0.2) is 6.23 Å². The number of nitriles is 1. The van der Waals surface area contributed by atoms with Gasteiger partial charge in [-0.05, 0) is 59.0 Å². The van der Waals surface area contributed by atoms with Crippen LogP contribution in [0.25, 0.3) is 0 Å². The van der Waals surface area contributed by atoms with Gasteiger partial charge in [-0.1, -0.05) is 0 Å². The molecule has 2 aromatic carbocycles. The zero-order valence-electron chi connectivity index (χ0n) is 15.3. The summed E-state index contributed by atoms with van der Waals surface area (Å²) in [5, 5.41) is 11.8. The van der Waals surface area contributed by atoms with Crippen LogP contribution < -0.4 is 16.5 Å². The third kappa shape index (κ3) is 7.05. The summed E-state index contributed by atoms with van der Waals surface area (Å²) in [6.45, 7) is -0.779. The first-order chi connectivity index (χ1) is 14.5. The first-order valence-corrected chi connectivity index (χ1v) is 9.31. The van der Waals surface area contributed by atoms with Gasteiger partial charge in [0.05, 0.1) is 28.6 Å². The maximum absolute atomic E-state index is 14.1. The van der Waals surface area contributed by atoms with Crippen LogP contribution in [0.1, 0.15) is 15.9 Å². The highest BCUT2D eigenvalue weighted by molar-refractivity contribution is 14.1. The first-order valence-electron chi connectivity index (χ1n) is 8.23. The summed E-state index contributed by atoms with van der Waals surface area (Å²) in [7, 11) is 0. The Morgan fingerprint density at radius 3 is 2.52 bits per heavy atom. The van der Waals surface area contributed by atoms with Crippen molar-refractivity contribution >= 4 is 45.8 Å². The number of benzene rings is 2. The van der Waals surface area contributed by atoms with Gasteiger partial charge in [0.25, 0.3) is 5.91 Å². The monoisotopic (exact) mass is 552 g/mol. The van der Waals surface area contributed by atoms with Crippen LogP contribution in [-0.2, 0) is 14.4 Å². The van der Waals surface area contributed by atoms with Crippen molar-refractivity contribution in [3.05, 3.63) is 56.9 Å². The molecule has 0 aromatic heterocycles. The number of carbonyl (C=O) groups is 2. The second-order valence-electron chi connectivity index (χ2n) is 5.81. The first kappa shape index (κ1) is 24.3. The van der Waals surface area contributed by atoms with Crippen molar-refractivity contribution < 1.29 is 36.7 Å². The van der Waals surface area contributed by atoms with Crippen molar-refractivity contribution in [3.8, 4) is 6.07 Å². The third-order valence-corrected chi connectivity index (χ3v) is 4.17. The Balaban J connectivity index is 2.08. The number of nitrogens with one attached hydrogen (secondary N) is 2. The molecular formula is C18H13F4IN4O4. The minimum Gasteiger partial charge on any atom is -0.438 e. The summed E-state index contributed by atoms with van der Waals surface area (Å²) < 4.78 is 55.0. The molecule has 13 heteroatoms. The van der Waals surface area contributed by atoms with Crippen molar-refractivity contribution in [3.63, 3.8) is 0 Å². The lowest BCUT2D eigenvalue weighted by atomic mass is 10.1. The molecule has 1 amide bonds. The lowest BCUT2D eigenvalue weighted by Crippen LogP contribution is -2.39. The molecule has 2 aromatic rings. The number of hydroxylamine groups is 1. The van der Waals surface area contributed by atoms with Crippen LogP contribution >= 0.6 is 22.6 Å². The summed E-state index contributed by atoms with van der Waals surface area (Å²) in [5.41, 5.74) is 7.30. The average molecular weight is 552 g/mol. The lowest BCUT2D eigenvalue weighted by molar-refractivity contribution is -0.207. The van der Waals surface area contributed by atoms with Crippen LogP contribution in [0.3, 0.4) is 0 Å². The molecule has 0 heterocycles. The summed E-state index contributed by atoms with van der Waals surface area (Å²) >= 11 is 1.92. The molecule has 1 atom stereocenters. The molecule has 31 heavy (non-hydrogen) atoms. The van der Waals surface area contributed by atoms with E-state index in [9.17, 15) is 27.2 Å². The molecule has 4 N–H and O–H groups in total. The van der Waals surface area contributed by atoms with E-state index in [1.807, 2.05) is 34.1 Å². The standard InChI is InChI=1S/C18H13F4IN4O4/c19-12-6-10(23)2-4-13(12)26-14-5-9(7-24)1-3-11(14)16(28)27-30-8-15(25)31-17(29)18(20,21)22/h1-6,15,26H,8,25H2,(H,27,28). The van der Waals surface area contributed by atoms with Crippen molar-refractivity contribution in [1.29, 1.82) is 5.26 Å². The van der Waals surface area contributed by atoms with Gasteiger partial charge in [-0.25, -0.2) is 14.7 Å². The summed E-state index contributed by atoms with van der Waals surface area (Å²) in [6, 6.07) is 10.1. The topological polar surface area (TPSA) is 126 Å². The molecular weight excluding hydrogens is 539 g/mol. The average Bonchev–Trinajstić information content (AvgIpc) is 2.69. The highest BCUT2D eigenvalue weighted by Gasteiger charge is 2.42. The van der Waals surface area contributed by atoms with Crippen LogP contribution in [0.15, 0.2) is 36.4 Å². The number of rotatable bonds is 7. The van der Waals surface area contributed by atoms with Crippen molar-refractivity contribution in [2.45, 2.75) is 12.4 Å². The fourth-order valence-corrected chi connectivity index (χ4v) is 2.59. The van der Waals surface area contributed by atoms with E-state index < -0.39 is 36.7 Å². The van der Waals surface area contributed by atoms with Gasteiger partial charge >= 0.3 is 12.1 Å². The van der Waals surface area contributed by atoms with Crippen LogP contribution in [0.5, 0.6) is 0 Å². The van der Waals surface area contributed by atoms with Gasteiger partial charge in [-0.2, -0.15) is 18.4 Å². The molecule has 0 aliphatic rings. The quantitative estimate of drug-likeness (QED) is 0.159. The summed E-state index contributed by atoms with van der Waals surface area (Å²) in [5.74, 6) is -3.99. The Kier molecular flexibility index (Phi) is 8.14. The third-order valence-electron chi connectivity index (χ3n) is 3.50. The Labute approximate surface area is 186 Å². The Bertz CT molecular complexity index is 1030. The van der Waals surface area contributed by atoms with Gasteiger partial charge in [0, 0.05) is 3.57 Å². The molecule has 0 aliphatic heterocycles. The summed E-state index contributed by atoms with van der Waals surface area (Å²) in [4.78, 5) is 27.7. The molecule has 2 rings (SSSR count). The molecule has 0 fully saturated rings. The molecule has 0 aliphatic carbocycles. The smallest absolute Gasteiger partial charge is 0.438 e. The highest BCUT2D eigenvalue weighted by Crippen LogP contribution is 2.25. The maximum atomic E-state index is 14.1. The van der Waals surface area contributed by atoms with Crippen LogP contribution in [0, 0.1) is 20.7 Å². The van der Waals surface area contributed by atoms with Crippen LogP contribution in [0.4, 0.5) is 28.9 Å². The van der Waals surface area contributed by atoms with Crippen LogP contribution in [0.2, 0.25) is 0 Å². The molecule has 0 bridgehead atoms. The second-order valence-corrected chi connectivity index (χ2v) is 7.05. The lowest BCUT2D eigenvalue weighted by Gasteiger charge is -2.16. The second kappa shape index (κ2) is 10.4. The van der Waals surface area contributed by atoms with E-state index in [0.29, 0.717) is 3.57 Å². The summed E-state index contributed by atoms with van der Waals surface area (Å²) in [6.07, 6.45) is -7.02. The Morgan fingerprint density at radius 1 is 1.19 bits per heavy atom. The van der Waals surface area contributed by atoms with Gasteiger partial charge in [0.2, 0.25) is 0 Å². The Hall–Kier alpha value is -2.96. The number of alkyl halides is 3. The zero-order chi connectivity index (χ0) is 23.2. The van der Waals surface area contributed by atoms with Crippen LogP contribution in [-0.4, -0.2) is 30.9 Å². The molecule has 0 saturated carbocycles. The SMILES string of the molecule is N#Cc1ccc(C(=O)NOCC(N)OC(=O)C(F)(F)F)c(Nc2ccc(I)cc2F)c1. The van der Waals surface area contributed by atoms with E-state index in [1.165, 1.54) is 30.3 Å². The molecule has 1 unspecified atom stereocenters. The zero-order valence-corrected chi connectivity index (χ0v) is 17.5. The van der Waals surface area contributed by atoms with Crippen molar-refractivity contribution in [2.75, 3.05) is 11.9 Å². The number of hydrogen-bond acceptors (Lipinski definition) is 7. The normalized spacial score (nSPS) is 11.9. The fourth-order valence-electron chi connectivity index (χ4n) is 2.13. The maximum Gasteiger partial charge on any atom is 0.490 e. The van der Waals surface area contributed by atoms with E-state index >= 15 is 0 Å². The van der Waals surface area contributed by atoms with Crippen molar-refractivity contribution in [2.24, 2.45) is 5.73 Å². The number of hydrogen-bond donors (Lipinski definition) is 3. The number of ether oxygens (including phenoxy) is 1. The number of anilines is 2. The molecule has 164 valence electrons. The van der Waals surface area contributed by atoms with E-state index in [4.69, 9.17) is 11.0 Å². The highest BCUT2D eigenvalue weighted by atomic mass is 127. The number of amides is 1. The van der Waals surface area contributed by atoms with Gasteiger partial charge in [0.1, 0.15) is 12.4 Å². The van der Waals surface area contributed by atoms with E-state index in [0.717, 1.165) is 0 Å². The fraction of sp³-hybridized carbons (Fsp3) is 0.167. The van der Waals surface area contributed by atoms with Gasteiger partial charge in [-0.3, -0.25) is 15.4 Å². The van der Waals surface area contributed by atoms with E-state index in [2.05, 4.69) is 14.9 Å². The van der Waals surface area contributed by atoms with E-state index in [-0.39, 0.29) is 22.5 Å². The minimum atomic E-state index is -5.23. The molecule has 0 spiro atoms. The predicted molar refractivity (Wildman–Crippen MR) is 107 cm³/mol. The Morgan fingerprint density at radius 2 is 1.90 bits per heavy atom. The van der Waals surface area contributed by atoms with Gasteiger partial charge < -0.3 is 10.1 Å². The number of halogens is 5. The molecule has 0 saturated heterocycles. The number of nitrogens with zero attached hydrogens (tertiary/aromatic N) is 1. The van der Waals surface area contributed by atoms with Crippen molar-refractivity contribution in [1.82, 2.24) is 5.48 Å². The van der Waals surface area contributed by atoms with E-state index in [1.54, 1.807) is 6.07 Å². The number of esters is 1. The largest absolute Gasteiger partial charge is 0.490 e. The molecule has 0 radical (unpaired) electrons. The van der Waals surface area contributed by atoms with Gasteiger partial charge in [-0.15, -0.1) is 0 Å².